The SMILES string of the molecule is Cl.O=c1c(-c2cccnc2)c[nH]n1-c1ncc(C(F)(F)F)s1. The van der Waals surface area contributed by atoms with E-state index < -0.39 is 16.6 Å². The van der Waals surface area contributed by atoms with Crippen LogP contribution in [-0.4, -0.2) is 19.7 Å². The number of halogens is 4. The molecule has 0 unspecified atom stereocenters. The predicted octanol–water partition coefficient (Wildman–Crippen LogP) is 3.12. The van der Waals surface area contributed by atoms with Crippen molar-refractivity contribution in [1.29, 1.82) is 0 Å². The average molecular weight is 349 g/mol. The van der Waals surface area contributed by atoms with Crippen molar-refractivity contribution in [1.82, 2.24) is 19.7 Å². The van der Waals surface area contributed by atoms with Crippen molar-refractivity contribution in [3.8, 4) is 16.3 Å². The number of aromatic amines is 1. The highest BCUT2D eigenvalue weighted by molar-refractivity contribution is 7.14. The molecule has 3 heterocycles. The van der Waals surface area contributed by atoms with Crippen LogP contribution in [0.25, 0.3) is 16.3 Å². The Labute approximate surface area is 131 Å². The van der Waals surface area contributed by atoms with E-state index >= 15 is 0 Å². The quantitative estimate of drug-likeness (QED) is 0.774. The van der Waals surface area contributed by atoms with Crippen LogP contribution in [0.15, 0.2) is 41.7 Å². The second kappa shape index (κ2) is 5.93. The zero-order valence-electron chi connectivity index (χ0n) is 10.7. The lowest BCUT2D eigenvalue weighted by atomic mass is 10.2. The molecule has 0 fully saturated rings. The van der Waals surface area contributed by atoms with Crippen molar-refractivity contribution in [3.05, 3.63) is 52.2 Å². The largest absolute Gasteiger partial charge is 0.427 e. The Bertz CT molecular complexity index is 825. The molecule has 0 atom stereocenters. The fraction of sp³-hybridized carbons (Fsp3) is 0.0833. The van der Waals surface area contributed by atoms with Gasteiger partial charge < -0.3 is 0 Å². The molecule has 3 rings (SSSR count). The van der Waals surface area contributed by atoms with Crippen LogP contribution in [0.1, 0.15) is 4.88 Å². The van der Waals surface area contributed by atoms with Gasteiger partial charge in [0.25, 0.3) is 5.56 Å². The maximum absolute atomic E-state index is 12.6. The summed E-state index contributed by atoms with van der Waals surface area (Å²) in [6, 6.07) is 3.35. The van der Waals surface area contributed by atoms with Gasteiger partial charge in [-0.15, -0.1) is 12.4 Å². The van der Waals surface area contributed by atoms with E-state index in [1.54, 1.807) is 18.3 Å². The Morgan fingerprint density at radius 1 is 1.27 bits per heavy atom. The summed E-state index contributed by atoms with van der Waals surface area (Å²) in [5.41, 5.74) is 0.406. The maximum atomic E-state index is 12.6. The number of pyridine rings is 1. The maximum Gasteiger partial charge on any atom is 0.427 e. The molecule has 1 N–H and O–H groups in total. The van der Waals surface area contributed by atoms with E-state index in [0.29, 0.717) is 28.7 Å². The van der Waals surface area contributed by atoms with E-state index in [1.165, 1.54) is 12.4 Å². The van der Waals surface area contributed by atoms with E-state index in [1.807, 2.05) is 0 Å². The van der Waals surface area contributed by atoms with E-state index in [-0.39, 0.29) is 17.5 Å². The minimum absolute atomic E-state index is 0. The molecule has 0 aliphatic heterocycles. The van der Waals surface area contributed by atoms with Gasteiger partial charge in [-0.25, -0.2) is 4.98 Å². The molecule has 5 nitrogen and oxygen atoms in total. The molecule has 0 radical (unpaired) electrons. The molecular formula is C12H8ClF3N4OS. The van der Waals surface area contributed by atoms with Crippen molar-refractivity contribution in [3.63, 3.8) is 0 Å². The number of nitrogens with zero attached hydrogens (tertiary/aromatic N) is 3. The highest BCUT2D eigenvalue weighted by Gasteiger charge is 2.33. The summed E-state index contributed by atoms with van der Waals surface area (Å²) in [5.74, 6) is 0. The van der Waals surface area contributed by atoms with Crippen LogP contribution in [0.3, 0.4) is 0 Å². The summed E-state index contributed by atoms with van der Waals surface area (Å²) in [4.78, 5) is 18.9. The highest BCUT2D eigenvalue weighted by Crippen LogP contribution is 2.34. The number of aromatic nitrogens is 4. The number of alkyl halides is 3. The molecule has 0 aliphatic carbocycles. The fourth-order valence-corrected chi connectivity index (χ4v) is 2.49. The Kier molecular flexibility index (Phi) is 4.38. The third-order valence-corrected chi connectivity index (χ3v) is 3.74. The molecule has 0 saturated carbocycles. The summed E-state index contributed by atoms with van der Waals surface area (Å²) in [6.45, 7) is 0. The molecule has 0 aliphatic rings. The Hall–Kier alpha value is -2.13. The van der Waals surface area contributed by atoms with Crippen molar-refractivity contribution in [2.45, 2.75) is 6.18 Å². The van der Waals surface area contributed by atoms with Gasteiger partial charge >= 0.3 is 6.18 Å². The Balaban J connectivity index is 0.00000176. The fourth-order valence-electron chi connectivity index (χ4n) is 1.74. The monoisotopic (exact) mass is 348 g/mol. The van der Waals surface area contributed by atoms with Gasteiger partial charge in [-0.3, -0.25) is 14.9 Å². The van der Waals surface area contributed by atoms with Crippen molar-refractivity contribution in [2.75, 3.05) is 0 Å². The van der Waals surface area contributed by atoms with Gasteiger partial charge in [-0.2, -0.15) is 17.9 Å². The van der Waals surface area contributed by atoms with Gasteiger partial charge in [-0.05, 0) is 6.07 Å². The molecular weight excluding hydrogens is 341 g/mol. The summed E-state index contributed by atoms with van der Waals surface area (Å²) in [6.07, 6.45) is 0.701. The van der Waals surface area contributed by atoms with Gasteiger partial charge in [-0.1, -0.05) is 17.4 Å². The third kappa shape index (κ3) is 2.90. The molecule has 0 aromatic carbocycles. The first-order valence-electron chi connectivity index (χ1n) is 5.71. The second-order valence-corrected chi connectivity index (χ2v) is 5.08. The molecule has 0 bridgehead atoms. The second-order valence-electron chi connectivity index (χ2n) is 4.07. The topological polar surface area (TPSA) is 63.6 Å². The van der Waals surface area contributed by atoms with Crippen LogP contribution in [0.5, 0.6) is 0 Å². The van der Waals surface area contributed by atoms with Gasteiger partial charge in [0.2, 0.25) is 5.13 Å². The first-order valence-corrected chi connectivity index (χ1v) is 6.52. The van der Waals surface area contributed by atoms with Crippen LogP contribution in [0, 0.1) is 0 Å². The van der Waals surface area contributed by atoms with Gasteiger partial charge in [0.05, 0.1) is 11.8 Å². The number of hydrogen-bond donors (Lipinski definition) is 1. The van der Waals surface area contributed by atoms with Crippen molar-refractivity contribution < 1.29 is 13.2 Å². The van der Waals surface area contributed by atoms with E-state index in [2.05, 4.69) is 15.1 Å². The smallest absolute Gasteiger partial charge is 0.295 e. The first-order chi connectivity index (χ1) is 9.97. The number of rotatable bonds is 2. The lowest BCUT2D eigenvalue weighted by Crippen LogP contribution is -2.15. The summed E-state index contributed by atoms with van der Waals surface area (Å²) in [7, 11) is 0. The van der Waals surface area contributed by atoms with Crippen LogP contribution in [-0.2, 0) is 6.18 Å². The Morgan fingerprint density at radius 2 is 2.05 bits per heavy atom. The average Bonchev–Trinajstić information content (AvgIpc) is 3.05. The third-order valence-electron chi connectivity index (χ3n) is 2.71. The minimum Gasteiger partial charge on any atom is -0.295 e. The van der Waals surface area contributed by atoms with Crippen LogP contribution < -0.4 is 5.56 Å². The molecule has 3 aromatic heterocycles. The number of H-pyrrole nitrogens is 1. The normalized spacial score (nSPS) is 11.2. The van der Waals surface area contributed by atoms with Crippen molar-refractivity contribution >= 4 is 23.7 Å². The van der Waals surface area contributed by atoms with Crippen LogP contribution in [0.2, 0.25) is 0 Å². The predicted molar refractivity (Wildman–Crippen MR) is 77.5 cm³/mol. The van der Waals surface area contributed by atoms with Crippen LogP contribution >= 0.6 is 23.7 Å². The van der Waals surface area contributed by atoms with Gasteiger partial charge in [0.1, 0.15) is 4.88 Å². The minimum atomic E-state index is -4.47. The molecule has 0 amide bonds. The summed E-state index contributed by atoms with van der Waals surface area (Å²) >= 11 is 0.396. The zero-order valence-corrected chi connectivity index (χ0v) is 12.3. The number of thiazole rings is 1. The molecule has 0 spiro atoms. The molecule has 3 aromatic rings. The molecule has 22 heavy (non-hydrogen) atoms. The lowest BCUT2D eigenvalue weighted by Gasteiger charge is -1.99. The first kappa shape index (κ1) is 16.2. The number of hydrogen-bond acceptors (Lipinski definition) is 4. The van der Waals surface area contributed by atoms with Gasteiger partial charge in [0, 0.05) is 24.2 Å². The molecule has 116 valence electrons. The number of nitrogens with one attached hydrogen (secondary N) is 1. The lowest BCUT2D eigenvalue weighted by molar-refractivity contribution is -0.134. The zero-order chi connectivity index (χ0) is 15.0. The molecule has 0 saturated heterocycles. The van der Waals surface area contributed by atoms with E-state index in [4.69, 9.17) is 0 Å². The summed E-state index contributed by atoms with van der Waals surface area (Å²) in [5, 5.41) is 2.54. The van der Waals surface area contributed by atoms with E-state index in [0.717, 1.165) is 4.68 Å². The Morgan fingerprint density at radius 3 is 2.64 bits per heavy atom. The molecule has 10 heteroatoms. The van der Waals surface area contributed by atoms with E-state index in [9.17, 15) is 18.0 Å². The van der Waals surface area contributed by atoms with Gasteiger partial charge in [0.15, 0.2) is 0 Å². The summed E-state index contributed by atoms with van der Waals surface area (Å²) < 4.78 is 38.6. The van der Waals surface area contributed by atoms with Crippen LogP contribution in [0.4, 0.5) is 13.2 Å². The standard InChI is InChI=1S/C12H7F3N4OS.ClH/c13-12(14,15)9-6-17-11(21-9)19-10(20)8(5-18-19)7-2-1-3-16-4-7;/h1-6,18H;1H. The highest BCUT2D eigenvalue weighted by atomic mass is 35.5. The van der Waals surface area contributed by atoms with Crippen molar-refractivity contribution in [2.24, 2.45) is 0 Å².